The highest BCUT2D eigenvalue weighted by atomic mass is 16.5. The van der Waals surface area contributed by atoms with Crippen molar-refractivity contribution in [1.29, 1.82) is 0 Å². The van der Waals surface area contributed by atoms with E-state index < -0.39 is 0 Å². The summed E-state index contributed by atoms with van der Waals surface area (Å²) in [7, 11) is 0. The van der Waals surface area contributed by atoms with Gasteiger partial charge < -0.3 is 21.0 Å². The number of nitrogens with zero attached hydrogens (tertiary/aromatic N) is 2. The van der Waals surface area contributed by atoms with Gasteiger partial charge in [-0.1, -0.05) is 63.8 Å². The van der Waals surface area contributed by atoms with Crippen molar-refractivity contribution >= 4 is 11.8 Å². The van der Waals surface area contributed by atoms with Gasteiger partial charge in [-0.25, -0.2) is 4.73 Å². The fourth-order valence-electron chi connectivity index (χ4n) is 2.31. The molecule has 0 aromatic carbocycles. The fourth-order valence-corrected chi connectivity index (χ4v) is 2.31. The lowest BCUT2D eigenvalue weighted by Gasteiger charge is -2.14. The van der Waals surface area contributed by atoms with E-state index in [0.29, 0.717) is 23.0 Å². The molecular formula is C17H32N4O2. The molecule has 6 heteroatoms. The molecule has 1 aromatic rings. The highest BCUT2D eigenvalue weighted by Crippen LogP contribution is 2.14. The first-order valence-corrected chi connectivity index (χ1v) is 8.95. The molecule has 132 valence electrons. The number of ether oxygens (including phenoxy) is 1. The highest BCUT2D eigenvalue weighted by Gasteiger charge is 2.11. The number of anilines is 2. The van der Waals surface area contributed by atoms with Crippen LogP contribution in [0.25, 0.3) is 0 Å². The molecule has 0 aliphatic carbocycles. The van der Waals surface area contributed by atoms with Crippen LogP contribution >= 0.6 is 0 Å². The van der Waals surface area contributed by atoms with Gasteiger partial charge in [0.05, 0.1) is 12.7 Å². The van der Waals surface area contributed by atoms with Gasteiger partial charge in [0.1, 0.15) is 0 Å². The predicted octanol–water partition coefficient (Wildman–Crippen LogP) is 3.64. The SMILES string of the molecule is CCCCCCCCCNc1cc(OCCCC)nc(N)[n+]1[O-]. The molecule has 0 spiro atoms. The Morgan fingerprint density at radius 2 is 1.74 bits per heavy atom. The van der Waals surface area contributed by atoms with Crippen molar-refractivity contribution in [2.75, 3.05) is 24.2 Å². The van der Waals surface area contributed by atoms with E-state index in [9.17, 15) is 5.21 Å². The zero-order valence-corrected chi connectivity index (χ0v) is 14.6. The molecule has 0 unspecified atom stereocenters. The Labute approximate surface area is 140 Å². The second-order valence-corrected chi connectivity index (χ2v) is 5.88. The molecule has 1 rings (SSSR count). The molecule has 0 atom stereocenters. The highest BCUT2D eigenvalue weighted by molar-refractivity contribution is 5.36. The molecule has 23 heavy (non-hydrogen) atoms. The summed E-state index contributed by atoms with van der Waals surface area (Å²) in [4.78, 5) is 3.96. The smallest absolute Gasteiger partial charge is 0.347 e. The first-order chi connectivity index (χ1) is 11.2. The van der Waals surface area contributed by atoms with E-state index in [-0.39, 0.29) is 5.95 Å². The van der Waals surface area contributed by atoms with E-state index in [1.54, 1.807) is 6.07 Å². The lowest BCUT2D eigenvalue weighted by molar-refractivity contribution is -0.577. The minimum absolute atomic E-state index is 0.0823. The van der Waals surface area contributed by atoms with Crippen LogP contribution in [0.1, 0.15) is 71.6 Å². The number of unbranched alkanes of at least 4 members (excludes halogenated alkanes) is 7. The Kier molecular flexibility index (Phi) is 9.91. The van der Waals surface area contributed by atoms with Crippen LogP contribution in [-0.2, 0) is 0 Å². The number of hydrogen-bond acceptors (Lipinski definition) is 5. The zero-order chi connectivity index (χ0) is 16.9. The standard InChI is InChI=1S/C17H32N4O2/c1-3-5-7-8-9-10-11-12-19-15-14-16(23-13-6-4-2)20-17(18)21(15)22/h14,19H,3-13H2,1-2H3,(H2,18,20). The lowest BCUT2D eigenvalue weighted by atomic mass is 10.1. The van der Waals surface area contributed by atoms with Crippen LogP contribution in [0.3, 0.4) is 0 Å². The summed E-state index contributed by atoms with van der Waals surface area (Å²) >= 11 is 0. The minimum atomic E-state index is -0.0823. The maximum absolute atomic E-state index is 11.9. The molecule has 6 nitrogen and oxygen atoms in total. The Hall–Kier alpha value is -1.72. The maximum Gasteiger partial charge on any atom is 0.347 e. The Balaban J connectivity index is 2.34. The number of nitrogens with one attached hydrogen (secondary N) is 1. The summed E-state index contributed by atoms with van der Waals surface area (Å²) < 4.78 is 6.14. The first-order valence-electron chi connectivity index (χ1n) is 8.95. The van der Waals surface area contributed by atoms with Gasteiger partial charge in [-0.2, -0.15) is 0 Å². The van der Waals surface area contributed by atoms with Crippen molar-refractivity contribution in [2.24, 2.45) is 0 Å². The van der Waals surface area contributed by atoms with Gasteiger partial charge in [0.25, 0.3) is 5.88 Å². The predicted molar refractivity (Wildman–Crippen MR) is 94.5 cm³/mol. The van der Waals surface area contributed by atoms with Gasteiger partial charge in [0.15, 0.2) is 0 Å². The molecular weight excluding hydrogens is 292 g/mol. The summed E-state index contributed by atoms with van der Waals surface area (Å²) in [6.45, 7) is 5.66. The Morgan fingerprint density at radius 1 is 1.09 bits per heavy atom. The van der Waals surface area contributed by atoms with Crippen LogP contribution in [0.5, 0.6) is 5.88 Å². The van der Waals surface area contributed by atoms with Crippen LogP contribution in [0, 0.1) is 5.21 Å². The van der Waals surface area contributed by atoms with Gasteiger partial charge in [-0.05, 0) is 12.8 Å². The van der Waals surface area contributed by atoms with Crippen molar-refractivity contribution in [3.05, 3.63) is 11.3 Å². The van der Waals surface area contributed by atoms with E-state index in [1.165, 1.54) is 38.5 Å². The fraction of sp³-hybridized carbons (Fsp3) is 0.765. The zero-order valence-electron chi connectivity index (χ0n) is 14.6. The molecule has 1 heterocycles. The molecule has 0 aliphatic rings. The van der Waals surface area contributed by atoms with Crippen molar-refractivity contribution in [2.45, 2.75) is 71.6 Å². The van der Waals surface area contributed by atoms with E-state index >= 15 is 0 Å². The van der Waals surface area contributed by atoms with Gasteiger partial charge in [0, 0.05) is 6.54 Å². The van der Waals surface area contributed by atoms with Crippen molar-refractivity contribution in [3.63, 3.8) is 0 Å². The van der Waals surface area contributed by atoms with E-state index in [1.807, 2.05) is 0 Å². The summed E-state index contributed by atoms with van der Waals surface area (Å²) in [5.41, 5.74) is 5.64. The van der Waals surface area contributed by atoms with E-state index in [4.69, 9.17) is 10.5 Å². The van der Waals surface area contributed by atoms with Crippen LogP contribution in [0.2, 0.25) is 0 Å². The average Bonchev–Trinajstić information content (AvgIpc) is 2.54. The van der Waals surface area contributed by atoms with E-state index in [2.05, 4.69) is 24.1 Å². The lowest BCUT2D eigenvalue weighted by Crippen LogP contribution is -2.36. The number of aromatic nitrogens is 2. The molecule has 0 saturated carbocycles. The molecule has 0 fully saturated rings. The van der Waals surface area contributed by atoms with Crippen molar-refractivity contribution in [1.82, 2.24) is 4.98 Å². The second-order valence-electron chi connectivity index (χ2n) is 5.88. The molecule has 0 aliphatic heterocycles. The molecule has 3 N–H and O–H groups in total. The average molecular weight is 324 g/mol. The Morgan fingerprint density at radius 3 is 2.43 bits per heavy atom. The summed E-state index contributed by atoms with van der Waals surface area (Å²) in [5, 5.41) is 15.0. The topological polar surface area (TPSA) is 87.1 Å². The van der Waals surface area contributed by atoms with Crippen LogP contribution < -0.4 is 20.5 Å². The Bertz CT molecular complexity index is 441. The summed E-state index contributed by atoms with van der Waals surface area (Å²) in [5.74, 6) is 0.737. The largest absolute Gasteiger partial charge is 0.754 e. The van der Waals surface area contributed by atoms with Gasteiger partial charge in [-0.15, -0.1) is 0 Å². The summed E-state index contributed by atoms with van der Waals surface area (Å²) in [6.07, 6.45) is 10.7. The molecule has 1 aromatic heterocycles. The number of nitrogens with two attached hydrogens (primary N) is 1. The van der Waals surface area contributed by atoms with Gasteiger partial charge >= 0.3 is 5.95 Å². The van der Waals surface area contributed by atoms with Crippen molar-refractivity contribution in [3.8, 4) is 5.88 Å². The van der Waals surface area contributed by atoms with Crippen LogP contribution in [-0.4, -0.2) is 18.1 Å². The molecule has 0 amide bonds. The summed E-state index contributed by atoms with van der Waals surface area (Å²) in [6, 6.07) is 1.63. The quantitative estimate of drug-likeness (QED) is 0.328. The van der Waals surface area contributed by atoms with E-state index in [0.717, 1.165) is 25.8 Å². The number of nitrogen functional groups attached to an aromatic ring is 1. The molecule has 0 radical (unpaired) electrons. The monoisotopic (exact) mass is 324 g/mol. The minimum Gasteiger partial charge on any atom is -0.754 e. The van der Waals surface area contributed by atoms with Gasteiger partial charge in [0.2, 0.25) is 5.82 Å². The van der Waals surface area contributed by atoms with Crippen molar-refractivity contribution < 1.29 is 9.47 Å². The molecule has 0 bridgehead atoms. The van der Waals surface area contributed by atoms with Crippen LogP contribution in [0.4, 0.5) is 11.8 Å². The van der Waals surface area contributed by atoms with Gasteiger partial charge in [-0.3, -0.25) is 0 Å². The number of rotatable bonds is 13. The van der Waals surface area contributed by atoms with Crippen LogP contribution in [0.15, 0.2) is 6.07 Å². The second kappa shape index (κ2) is 11.8. The third-order valence-electron chi connectivity index (χ3n) is 3.75. The maximum atomic E-state index is 11.9. The third-order valence-corrected chi connectivity index (χ3v) is 3.75. The normalized spacial score (nSPS) is 10.7. The third kappa shape index (κ3) is 7.90. The molecule has 0 saturated heterocycles. The number of hydrogen-bond donors (Lipinski definition) is 2. The first kappa shape index (κ1) is 19.3.